The monoisotopic (exact) mass is 314 g/mol. The Kier molecular flexibility index (Phi) is 4.13. The van der Waals surface area contributed by atoms with Crippen molar-refractivity contribution in [3.63, 3.8) is 0 Å². The Morgan fingerprint density at radius 1 is 1.22 bits per heavy atom. The van der Waals surface area contributed by atoms with Gasteiger partial charge in [0.15, 0.2) is 0 Å². The van der Waals surface area contributed by atoms with Crippen LogP contribution in [-0.4, -0.2) is 34.5 Å². The Labute approximate surface area is 134 Å². The van der Waals surface area contributed by atoms with Crippen LogP contribution in [0.3, 0.4) is 0 Å². The summed E-state index contributed by atoms with van der Waals surface area (Å²) in [5, 5.41) is 0. The van der Waals surface area contributed by atoms with E-state index in [0.29, 0.717) is 18.7 Å². The van der Waals surface area contributed by atoms with Crippen LogP contribution in [0, 0.1) is 5.82 Å². The van der Waals surface area contributed by atoms with Gasteiger partial charge in [0.2, 0.25) is 0 Å². The van der Waals surface area contributed by atoms with Crippen LogP contribution < -0.4 is 0 Å². The lowest BCUT2D eigenvalue weighted by atomic mass is 9.97. The van der Waals surface area contributed by atoms with Gasteiger partial charge in [-0.05, 0) is 43.7 Å². The fourth-order valence-electron chi connectivity index (χ4n) is 2.74. The van der Waals surface area contributed by atoms with Crippen molar-refractivity contribution in [2.75, 3.05) is 13.2 Å². The fraction of sp³-hybridized carbons (Fsp3) is 0.333. The summed E-state index contributed by atoms with van der Waals surface area (Å²) in [5.41, 5.74) is 1.07. The number of hydrogen-bond donors (Lipinski definition) is 0. The maximum atomic E-state index is 13.1. The Balaban J connectivity index is 1.85. The first-order valence-corrected chi connectivity index (χ1v) is 7.56. The maximum absolute atomic E-state index is 13.1. The molecule has 1 unspecified atom stereocenters. The van der Waals surface area contributed by atoms with Crippen LogP contribution in [0.4, 0.5) is 4.39 Å². The Hall–Kier alpha value is -2.27. The van der Waals surface area contributed by atoms with Gasteiger partial charge in [-0.3, -0.25) is 9.78 Å². The summed E-state index contributed by atoms with van der Waals surface area (Å²) >= 11 is 0. The average molecular weight is 314 g/mol. The summed E-state index contributed by atoms with van der Waals surface area (Å²) in [6.45, 7) is 4.81. The van der Waals surface area contributed by atoms with Gasteiger partial charge >= 0.3 is 0 Å². The van der Waals surface area contributed by atoms with Crippen LogP contribution in [0.1, 0.15) is 35.9 Å². The Bertz CT molecular complexity index is 686. The molecule has 2 aromatic rings. The SMILES string of the molecule is CC1(C)COC(c2ccc(F)cc2)CN1C(=O)c1ccncc1. The molecule has 5 heteroatoms. The van der Waals surface area contributed by atoms with E-state index in [0.717, 1.165) is 5.56 Å². The van der Waals surface area contributed by atoms with Crippen LogP contribution >= 0.6 is 0 Å². The highest BCUT2D eigenvalue weighted by Gasteiger charge is 2.38. The highest BCUT2D eigenvalue weighted by atomic mass is 19.1. The quantitative estimate of drug-likeness (QED) is 0.855. The summed E-state index contributed by atoms with van der Waals surface area (Å²) in [4.78, 5) is 18.6. The maximum Gasteiger partial charge on any atom is 0.254 e. The van der Waals surface area contributed by atoms with Crippen LogP contribution in [0.15, 0.2) is 48.8 Å². The number of morpholine rings is 1. The molecule has 0 saturated carbocycles. The lowest BCUT2D eigenvalue weighted by Crippen LogP contribution is -2.56. The van der Waals surface area contributed by atoms with Crippen molar-refractivity contribution in [3.8, 4) is 0 Å². The van der Waals surface area contributed by atoms with E-state index in [1.54, 1.807) is 36.7 Å². The van der Waals surface area contributed by atoms with Gasteiger partial charge in [-0.2, -0.15) is 0 Å². The number of halogens is 1. The number of benzene rings is 1. The molecule has 0 aliphatic carbocycles. The minimum absolute atomic E-state index is 0.0483. The molecular formula is C18H19FN2O2. The first-order valence-electron chi connectivity index (χ1n) is 7.56. The number of ether oxygens (including phenoxy) is 1. The second kappa shape index (κ2) is 6.08. The van der Waals surface area contributed by atoms with E-state index in [-0.39, 0.29) is 17.8 Å². The molecule has 1 aliphatic rings. The molecular weight excluding hydrogens is 295 g/mol. The zero-order chi connectivity index (χ0) is 16.4. The molecule has 0 radical (unpaired) electrons. The van der Waals surface area contributed by atoms with Crippen LogP contribution in [0.2, 0.25) is 0 Å². The number of rotatable bonds is 2. The van der Waals surface area contributed by atoms with Gasteiger partial charge in [-0.25, -0.2) is 4.39 Å². The van der Waals surface area contributed by atoms with Gasteiger partial charge in [0, 0.05) is 18.0 Å². The molecule has 1 aromatic heterocycles. The molecule has 1 atom stereocenters. The van der Waals surface area contributed by atoms with E-state index in [4.69, 9.17) is 4.74 Å². The highest BCUT2D eigenvalue weighted by molar-refractivity contribution is 5.94. The molecule has 1 aromatic carbocycles. The van der Waals surface area contributed by atoms with Crippen molar-refractivity contribution in [1.29, 1.82) is 0 Å². The van der Waals surface area contributed by atoms with Crippen molar-refractivity contribution in [2.45, 2.75) is 25.5 Å². The average Bonchev–Trinajstić information content (AvgIpc) is 2.56. The molecule has 3 rings (SSSR count). The third-order valence-corrected chi connectivity index (χ3v) is 4.13. The van der Waals surface area contributed by atoms with Crippen LogP contribution in [0.5, 0.6) is 0 Å². The number of hydrogen-bond acceptors (Lipinski definition) is 3. The smallest absolute Gasteiger partial charge is 0.254 e. The van der Waals surface area contributed by atoms with Crippen molar-refractivity contribution < 1.29 is 13.9 Å². The zero-order valence-corrected chi connectivity index (χ0v) is 13.2. The number of aromatic nitrogens is 1. The lowest BCUT2D eigenvalue weighted by Gasteiger charge is -2.45. The molecule has 1 aliphatic heterocycles. The number of amides is 1. The molecule has 120 valence electrons. The van der Waals surface area contributed by atoms with Crippen LogP contribution in [-0.2, 0) is 4.74 Å². The van der Waals surface area contributed by atoms with Crippen molar-refractivity contribution in [3.05, 3.63) is 65.7 Å². The molecule has 23 heavy (non-hydrogen) atoms. The molecule has 1 saturated heterocycles. The van der Waals surface area contributed by atoms with E-state index in [9.17, 15) is 9.18 Å². The van der Waals surface area contributed by atoms with E-state index >= 15 is 0 Å². The predicted octanol–water partition coefficient (Wildman–Crippen LogP) is 3.21. The number of pyridine rings is 1. The third-order valence-electron chi connectivity index (χ3n) is 4.13. The normalized spacial score (nSPS) is 20.3. The first-order chi connectivity index (χ1) is 11.0. The molecule has 0 spiro atoms. The Morgan fingerprint density at radius 3 is 2.52 bits per heavy atom. The van der Waals surface area contributed by atoms with Gasteiger partial charge in [-0.15, -0.1) is 0 Å². The largest absolute Gasteiger partial charge is 0.369 e. The van der Waals surface area contributed by atoms with Gasteiger partial charge in [-0.1, -0.05) is 12.1 Å². The number of carbonyl (C=O) groups is 1. The van der Waals surface area contributed by atoms with Gasteiger partial charge < -0.3 is 9.64 Å². The molecule has 2 heterocycles. The summed E-state index contributed by atoms with van der Waals surface area (Å²) < 4.78 is 19.0. The van der Waals surface area contributed by atoms with E-state index in [2.05, 4.69) is 4.98 Å². The van der Waals surface area contributed by atoms with Crippen molar-refractivity contribution in [1.82, 2.24) is 9.88 Å². The molecule has 1 fully saturated rings. The summed E-state index contributed by atoms with van der Waals surface area (Å²) in [5.74, 6) is -0.331. The fourth-order valence-corrected chi connectivity index (χ4v) is 2.74. The summed E-state index contributed by atoms with van der Waals surface area (Å²) in [6.07, 6.45) is 2.96. The van der Waals surface area contributed by atoms with Gasteiger partial charge in [0.05, 0.1) is 18.7 Å². The summed E-state index contributed by atoms with van der Waals surface area (Å²) in [6, 6.07) is 9.64. The highest BCUT2D eigenvalue weighted by Crippen LogP contribution is 2.31. The third kappa shape index (κ3) is 3.24. The standard InChI is InChI=1S/C18H19FN2O2/c1-18(2)12-23-16(13-3-5-15(19)6-4-13)11-21(18)17(22)14-7-9-20-10-8-14/h3-10,16H,11-12H2,1-2H3. The van der Waals surface area contributed by atoms with E-state index in [1.807, 2.05) is 18.7 Å². The van der Waals surface area contributed by atoms with Crippen LogP contribution in [0.25, 0.3) is 0 Å². The topological polar surface area (TPSA) is 42.4 Å². The number of nitrogens with zero attached hydrogens (tertiary/aromatic N) is 2. The lowest BCUT2D eigenvalue weighted by molar-refractivity contribution is -0.0846. The molecule has 0 bridgehead atoms. The molecule has 4 nitrogen and oxygen atoms in total. The van der Waals surface area contributed by atoms with E-state index < -0.39 is 5.54 Å². The second-order valence-electron chi connectivity index (χ2n) is 6.32. The predicted molar refractivity (Wildman–Crippen MR) is 84.4 cm³/mol. The zero-order valence-electron chi connectivity index (χ0n) is 13.2. The van der Waals surface area contributed by atoms with E-state index in [1.165, 1.54) is 12.1 Å². The first kappa shape index (κ1) is 15.6. The van der Waals surface area contributed by atoms with Crippen molar-refractivity contribution in [2.24, 2.45) is 0 Å². The summed E-state index contributed by atoms with van der Waals surface area (Å²) in [7, 11) is 0. The minimum atomic E-state index is -0.406. The minimum Gasteiger partial charge on any atom is -0.369 e. The Morgan fingerprint density at radius 2 is 1.87 bits per heavy atom. The number of carbonyl (C=O) groups excluding carboxylic acids is 1. The van der Waals surface area contributed by atoms with Crippen molar-refractivity contribution >= 4 is 5.91 Å². The van der Waals surface area contributed by atoms with Gasteiger partial charge in [0.25, 0.3) is 5.91 Å². The van der Waals surface area contributed by atoms with Gasteiger partial charge in [0.1, 0.15) is 11.9 Å². The molecule has 1 amide bonds. The second-order valence-corrected chi connectivity index (χ2v) is 6.32. The molecule has 0 N–H and O–H groups in total.